The number of rotatable bonds is 7. The Morgan fingerprint density at radius 2 is 1.90 bits per heavy atom. The Bertz CT molecular complexity index is 1000. The summed E-state index contributed by atoms with van der Waals surface area (Å²) < 4.78 is 68.4. The van der Waals surface area contributed by atoms with Crippen molar-refractivity contribution in [1.29, 1.82) is 0 Å². The van der Waals surface area contributed by atoms with Crippen LogP contribution in [0.1, 0.15) is 19.4 Å². The van der Waals surface area contributed by atoms with E-state index in [1.54, 1.807) is 0 Å². The van der Waals surface area contributed by atoms with Gasteiger partial charge >= 0.3 is 6.18 Å². The monoisotopic (exact) mass is 429 g/mol. The van der Waals surface area contributed by atoms with E-state index >= 15 is 0 Å². The molecule has 1 aromatic heterocycles. The first-order valence-electron chi connectivity index (χ1n) is 8.26. The molecule has 0 aliphatic rings. The van der Waals surface area contributed by atoms with E-state index in [4.69, 9.17) is 11.2 Å². The number of nitrogens with one attached hydrogen (secondary N) is 1. The Morgan fingerprint density at radius 1 is 1.28 bits per heavy atom. The first kappa shape index (κ1) is 22.4. The summed E-state index contributed by atoms with van der Waals surface area (Å²) in [7, 11) is -3.61. The van der Waals surface area contributed by atoms with Gasteiger partial charge in [0.1, 0.15) is 17.4 Å². The van der Waals surface area contributed by atoms with Gasteiger partial charge in [-0.3, -0.25) is 0 Å². The van der Waals surface area contributed by atoms with Crippen LogP contribution >= 0.6 is 0 Å². The summed E-state index contributed by atoms with van der Waals surface area (Å²) in [6.07, 6.45) is -1.13. The molecule has 2 atom stereocenters. The lowest BCUT2D eigenvalue weighted by molar-refractivity contribution is -0.140. The first-order valence-corrected chi connectivity index (χ1v) is 9.91. The van der Waals surface area contributed by atoms with Crippen LogP contribution in [0.25, 0.3) is 0 Å². The minimum Gasteiger partial charge on any atom is -0.471 e. The second kappa shape index (κ2) is 8.67. The molecule has 156 valence electrons. The molecule has 0 unspecified atom stereocenters. The molecule has 0 bridgehead atoms. The highest BCUT2D eigenvalue weighted by molar-refractivity contribution is 7.91. The van der Waals surface area contributed by atoms with Crippen LogP contribution < -0.4 is 10.1 Å². The zero-order valence-electron chi connectivity index (χ0n) is 15.4. The molecule has 0 saturated carbocycles. The molecule has 0 spiro atoms. The van der Waals surface area contributed by atoms with E-state index < -0.39 is 45.4 Å². The molecular weight excluding hydrogens is 411 g/mol. The zero-order valence-corrected chi connectivity index (χ0v) is 16.3. The molecule has 7 nitrogen and oxygen atoms in total. The van der Waals surface area contributed by atoms with Crippen LogP contribution in [0.2, 0.25) is 0 Å². The third-order valence-electron chi connectivity index (χ3n) is 3.78. The molecule has 29 heavy (non-hydrogen) atoms. The molecule has 0 radical (unpaired) electrons. The molecule has 0 saturated heterocycles. The van der Waals surface area contributed by atoms with Gasteiger partial charge in [0, 0.05) is 11.9 Å². The molecular formula is C18H18F3N3O4S. The molecule has 0 fully saturated rings. The molecule has 1 heterocycles. The highest BCUT2D eigenvalue weighted by atomic mass is 32.2. The number of aliphatic hydroxyl groups is 1. The lowest BCUT2D eigenvalue weighted by Gasteiger charge is -2.20. The Kier molecular flexibility index (Phi) is 6.71. The summed E-state index contributed by atoms with van der Waals surface area (Å²) in [5, 5.41) is 12.2. The zero-order chi connectivity index (χ0) is 21.8. The van der Waals surface area contributed by atoms with Gasteiger partial charge in [0.2, 0.25) is 11.8 Å². The van der Waals surface area contributed by atoms with Crippen LogP contribution in [0.4, 0.5) is 24.8 Å². The first-order chi connectivity index (χ1) is 13.4. The van der Waals surface area contributed by atoms with E-state index in [1.165, 1.54) is 38.1 Å². The molecule has 0 amide bonds. The number of anilines is 2. The van der Waals surface area contributed by atoms with Crippen molar-refractivity contribution in [3.63, 3.8) is 0 Å². The molecule has 0 aliphatic heterocycles. The fourth-order valence-electron chi connectivity index (χ4n) is 2.05. The van der Waals surface area contributed by atoms with Gasteiger partial charge in [0.25, 0.3) is 0 Å². The van der Waals surface area contributed by atoms with Crippen molar-refractivity contribution >= 4 is 21.5 Å². The summed E-state index contributed by atoms with van der Waals surface area (Å²) in [5.74, 6) is 0.663. The van der Waals surface area contributed by atoms with Gasteiger partial charge < -0.3 is 15.2 Å². The average Bonchev–Trinajstić information content (AvgIpc) is 2.61. The van der Waals surface area contributed by atoms with Crippen LogP contribution in [0, 0.1) is 12.3 Å². The quantitative estimate of drug-likeness (QED) is 0.653. The third-order valence-corrected chi connectivity index (χ3v) is 5.32. The van der Waals surface area contributed by atoms with Gasteiger partial charge in [-0.2, -0.15) is 18.2 Å². The normalized spacial score (nSPS) is 14.0. The maximum Gasteiger partial charge on any atom is 0.423 e. The summed E-state index contributed by atoms with van der Waals surface area (Å²) in [6, 6.07) is 5.38. The van der Waals surface area contributed by atoms with Gasteiger partial charge in [0.05, 0.1) is 11.0 Å². The van der Waals surface area contributed by atoms with Gasteiger partial charge in [-0.1, -0.05) is 5.92 Å². The van der Waals surface area contributed by atoms with E-state index in [9.17, 15) is 26.7 Å². The largest absolute Gasteiger partial charge is 0.471 e. The average molecular weight is 429 g/mol. The van der Waals surface area contributed by atoms with Crippen molar-refractivity contribution in [1.82, 2.24) is 9.97 Å². The summed E-state index contributed by atoms with van der Waals surface area (Å²) >= 11 is 0. The molecule has 2 aromatic rings. The second-order valence-electron chi connectivity index (χ2n) is 6.09. The number of alkyl halides is 3. The van der Waals surface area contributed by atoms with Crippen molar-refractivity contribution in [3.05, 3.63) is 36.0 Å². The van der Waals surface area contributed by atoms with Gasteiger partial charge in [-0.25, -0.2) is 13.4 Å². The Balaban J connectivity index is 2.30. The maximum atomic E-state index is 13.2. The van der Waals surface area contributed by atoms with E-state index in [2.05, 4.69) is 21.2 Å². The Labute approximate surface area is 165 Å². The van der Waals surface area contributed by atoms with Gasteiger partial charge in [-0.05, 0) is 38.1 Å². The number of hydrogen-bond acceptors (Lipinski definition) is 7. The number of nitrogens with zero attached hydrogens (tertiary/aromatic N) is 2. The Morgan fingerprint density at radius 3 is 2.41 bits per heavy atom. The van der Waals surface area contributed by atoms with Crippen LogP contribution in [0.3, 0.4) is 0 Å². The van der Waals surface area contributed by atoms with Crippen LogP contribution in [-0.2, 0) is 16.0 Å². The van der Waals surface area contributed by atoms with E-state index in [1.807, 2.05) is 0 Å². The van der Waals surface area contributed by atoms with Crippen LogP contribution in [0.5, 0.6) is 5.88 Å². The maximum absolute atomic E-state index is 13.2. The van der Waals surface area contributed by atoms with E-state index in [0.29, 0.717) is 11.9 Å². The number of aromatic nitrogens is 2. The number of halogens is 3. The summed E-state index contributed by atoms with van der Waals surface area (Å²) in [6.45, 7) is 2.77. The lowest BCUT2D eigenvalue weighted by atomic mass is 10.2. The SMILES string of the molecule is C#CCS(=O)(=O)c1ccc(Nc2ncc(C(F)(F)F)c(O[C@H](C)[C@@H](C)O)n2)cc1. The van der Waals surface area contributed by atoms with Crippen LogP contribution in [-0.4, -0.2) is 41.5 Å². The molecule has 0 aliphatic carbocycles. The minimum atomic E-state index is -4.75. The topological polar surface area (TPSA) is 101 Å². The molecule has 11 heteroatoms. The molecule has 1 aromatic carbocycles. The summed E-state index contributed by atoms with van der Waals surface area (Å²) in [4.78, 5) is 7.37. The standard InChI is InChI=1S/C18H18F3N3O4S/c1-4-9-29(26,27)14-7-5-13(6-8-14)23-17-22-10-15(18(19,20)21)16(24-17)28-12(3)11(2)25/h1,5-8,10-12,25H,9H2,2-3H3,(H,22,23,24)/t11-,12-/m1/s1. The highest BCUT2D eigenvalue weighted by Crippen LogP contribution is 2.36. The number of benzene rings is 1. The number of sulfone groups is 1. The third kappa shape index (κ3) is 5.82. The number of hydrogen-bond donors (Lipinski definition) is 2. The van der Waals surface area contributed by atoms with Crippen molar-refractivity contribution in [2.24, 2.45) is 0 Å². The fourth-order valence-corrected chi connectivity index (χ4v) is 2.99. The van der Waals surface area contributed by atoms with E-state index in [-0.39, 0.29) is 10.8 Å². The van der Waals surface area contributed by atoms with Crippen molar-refractivity contribution in [2.75, 3.05) is 11.1 Å². The number of aliphatic hydroxyl groups excluding tert-OH is 1. The van der Waals surface area contributed by atoms with Crippen LogP contribution in [0.15, 0.2) is 35.4 Å². The minimum absolute atomic E-state index is 0.00381. The van der Waals surface area contributed by atoms with Gasteiger partial charge in [0.15, 0.2) is 9.84 Å². The lowest BCUT2D eigenvalue weighted by Crippen LogP contribution is -2.27. The van der Waals surface area contributed by atoms with Crippen molar-refractivity contribution < 1.29 is 31.4 Å². The summed E-state index contributed by atoms with van der Waals surface area (Å²) in [5.41, 5.74) is -0.856. The number of ether oxygens (including phenoxy) is 1. The fraction of sp³-hybridized carbons (Fsp3) is 0.333. The van der Waals surface area contributed by atoms with E-state index in [0.717, 1.165) is 0 Å². The predicted octanol–water partition coefficient (Wildman–Crippen LogP) is 2.79. The molecule has 2 N–H and O–H groups in total. The number of terminal acetylenes is 1. The highest BCUT2D eigenvalue weighted by Gasteiger charge is 2.37. The van der Waals surface area contributed by atoms with Crippen molar-refractivity contribution in [3.8, 4) is 18.2 Å². The second-order valence-corrected chi connectivity index (χ2v) is 8.08. The molecule has 2 rings (SSSR count). The van der Waals surface area contributed by atoms with Crippen molar-refractivity contribution in [2.45, 2.75) is 37.1 Å². The van der Waals surface area contributed by atoms with Gasteiger partial charge in [-0.15, -0.1) is 6.42 Å². The smallest absolute Gasteiger partial charge is 0.423 e. The Hall–Kier alpha value is -2.84. The predicted molar refractivity (Wildman–Crippen MR) is 99.4 cm³/mol.